The summed E-state index contributed by atoms with van der Waals surface area (Å²) in [6, 6.07) is 0. The second-order valence-electron chi connectivity index (χ2n) is 5.64. The first-order chi connectivity index (χ1) is 6.35. The van der Waals surface area contributed by atoms with Crippen molar-refractivity contribution in [2.45, 2.75) is 32.4 Å². The third-order valence-corrected chi connectivity index (χ3v) is 4.74. The van der Waals surface area contributed by atoms with Crippen LogP contribution in [-0.2, 0) is 0 Å². The molecule has 1 aliphatic rings. The minimum absolute atomic E-state index is 0.348. The van der Waals surface area contributed by atoms with Crippen molar-refractivity contribution in [3.05, 3.63) is 0 Å². The molecule has 0 radical (unpaired) electrons. The summed E-state index contributed by atoms with van der Waals surface area (Å²) in [6.07, 6.45) is 0. The summed E-state index contributed by atoms with van der Waals surface area (Å²) in [5.41, 5.74) is 0.348. The highest BCUT2D eigenvalue weighted by atomic mass is 32.2. The Morgan fingerprint density at radius 2 is 2.07 bits per heavy atom. The van der Waals surface area contributed by atoms with E-state index in [-0.39, 0.29) is 0 Å². The van der Waals surface area contributed by atoms with Crippen LogP contribution in [0.4, 0.5) is 0 Å². The number of hydrogen-bond acceptors (Lipinski definition) is 3. The molecule has 0 saturated carbocycles. The topological polar surface area (TPSA) is 3.24 Å². The van der Waals surface area contributed by atoms with Gasteiger partial charge in [0.2, 0.25) is 0 Å². The second-order valence-corrected chi connectivity index (χ2v) is 7.76. The zero-order valence-electron chi connectivity index (χ0n) is 9.84. The van der Waals surface area contributed by atoms with E-state index in [0.717, 1.165) is 5.75 Å². The van der Waals surface area contributed by atoms with Gasteiger partial charge in [0.15, 0.2) is 0 Å². The Labute approximate surface area is 98.4 Å². The van der Waals surface area contributed by atoms with Crippen molar-refractivity contribution in [1.82, 2.24) is 4.90 Å². The number of thiol groups is 1. The Bertz CT molecular complexity index is 190. The molecular weight excluding hydrogens is 210 g/mol. The van der Waals surface area contributed by atoms with Gasteiger partial charge in [-0.3, -0.25) is 0 Å². The molecule has 1 aliphatic heterocycles. The number of nitrogens with zero attached hydrogens (tertiary/aromatic N) is 1. The van der Waals surface area contributed by atoms with Gasteiger partial charge in [0.1, 0.15) is 0 Å². The van der Waals surface area contributed by atoms with Gasteiger partial charge in [-0.25, -0.2) is 0 Å². The van der Waals surface area contributed by atoms with Gasteiger partial charge in [0.05, 0.1) is 0 Å². The normalized spacial score (nSPS) is 23.8. The zero-order chi connectivity index (χ0) is 10.8. The number of thioether (sulfide) groups is 1. The minimum atomic E-state index is 0.348. The van der Waals surface area contributed by atoms with Crippen LogP contribution < -0.4 is 0 Å². The zero-order valence-corrected chi connectivity index (χ0v) is 11.5. The summed E-state index contributed by atoms with van der Waals surface area (Å²) in [4.78, 5) is 2.59. The minimum Gasteiger partial charge on any atom is -0.301 e. The fraction of sp³-hybridized carbons (Fsp3) is 1.00. The molecule has 1 nitrogen and oxygen atoms in total. The average Bonchev–Trinajstić information content (AvgIpc) is 2.01. The summed E-state index contributed by atoms with van der Waals surface area (Å²) in [6.45, 7) is 12.9. The Morgan fingerprint density at radius 1 is 1.43 bits per heavy atom. The lowest BCUT2D eigenvalue weighted by atomic mass is 9.95. The van der Waals surface area contributed by atoms with E-state index in [1.54, 1.807) is 0 Å². The molecule has 84 valence electrons. The van der Waals surface area contributed by atoms with E-state index in [4.69, 9.17) is 0 Å². The molecule has 1 heterocycles. The SMILES string of the molecule is CC(C)(CS)CN1CCSC(C)(C)C1. The second kappa shape index (κ2) is 4.67. The Morgan fingerprint density at radius 3 is 2.57 bits per heavy atom. The third kappa shape index (κ3) is 4.03. The van der Waals surface area contributed by atoms with E-state index in [0.29, 0.717) is 10.2 Å². The average molecular weight is 233 g/mol. The molecule has 1 fully saturated rings. The van der Waals surface area contributed by atoms with Crippen molar-refractivity contribution >= 4 is 24.4 Å². The van der Waals surface area contributed by atoms with Crippen molar-refractivity contribution in [2.75, 3.05) is 31.1 Å². The molecule has 0 aromatic rings. The molecule has 0 amide bonds. The fourth-order valence-corrected chi connectivity index (χ4v) is 3.18. The van der Waals surface area contributed by atoms with Crippen molar-refractivity contribution in [2.24, 2.45) is 5.41 Å². The Balaban J connectivity index is 2.46. The molecule has 0 aliphatic carbocycles. The van der Waals surface area contributed by atoms with Crippen molar-refractivity contribution < 1.29 is 0 Å². The maximum absolute atomic E-state index is 4.41. The highest BCUT2D eigenvalue weighted by Gasteiger charge is 2.29. The van der Waals surface area contributed by atoms with Crippen LogP contribution in [0, 0.1) is 5.41 Å². The van der Waals surface area contributed by atoms with Gasteiger partial charge in [-0.05, 0) is 25.0 Å². The number of rotatable bonds is 3. The van der Waals surface area contributed by atoms with Crippen molar-refractivity contribution in [3.63, 3.8) is 0 Å². The molecule has 0 N–H and O–H groups in total. The molecule has 3 heteroatoms. The van der Waals surface area contributed by atoms with Crippen LogP contribution in [0.15, 0.2) is 0 Å². The molecule has 14 heavy (non-hydrogen) atoms. The lowest BCUT2D eigenvalue weighted by Crippen LogP contribution is -2.47. The summed E-state index contributed by atoms with van der Waals surface area (Å²) in [7, 11) is 0. The van der Waals surface area contributed by atoms with E-state index in [2.05, 4.69) is 57.0 Å². The number of hydrogen-bond donors (Lipinski definition) is 1. The third-order valence-electron chi connectivity index (χ3n) is 2.58. The van der Waals surface area contributed by atoms with Crippen LogP contribution in [0.2, 0.25) is 0 Å². The van der Waals surface area contributed by atoms with Crippen molar-refractivity contribution in [1.29, 1.82) is 0 Å². The first-order valence-corrected chi connectivity index (χ1v) is 6.94. The van der Waals surface area contributed by atoms with Gasteiger partial charge in [0.25, 0.3) is 0 Å². The molecule has 0 unspecified atom stereocenters. The van der Waals surface area contributed by atoms with E-state index in [9.17, 15) is 0 Å². The van der Waals surface area contributed by atoms with Crippen LogP contribution in [0.3, 0.4) is 0 Å². The van der Waals surface area contributed by atoms with Gasteiger partial charge in [-0.15, -0.1) is 0 Å². The van der Waals surface area contributed by atoms with E-state index < -0.39 is 0 Å². The molecule has 0 spiro atoms. The maximum atomic E-state index is 4.41. The summed E-state index contributed by atoms with van der Waals surface area (Å²) < 4.78 is 0.435. The quantitative estimate of drug-likeness (QED) is 0.747. The van der Waals surface area contributed by atoms with Gasteiger partial charge < -0.3 is 4.90 Å². The van der Waals surface area contributed by atoms with Gasteiger partial charge in [-0.1, -0.05) is 13.8 Å². The molecule has 1 saturated heterocycles. The molecule has 0 atom stereocenters. The van der Waals surface area contributed by atoms with Crippen LogP contribution in [0.25, 0.3) is 0 Å². The summed E-state index contributed by atoms with van der Waals surface area (Å²) >= 11 is 6.51. The Hall–Kier alpha value is 0.660. The maximum Gasteiger partial charge on any atom is 0.0231 e. The van der Waals surface area contributed by atoms with Crippen LogP contribution in [-0.4, -0.2) is 40.8 Å². The van der Waals surface area contributed by atoms with Crippen LogP contribution in [0.5, 0.6) is 0 Å². The van der Waals surface area contributed by atoms with E-state index in [1.165, 1.54) is 25.4 Å². The first-order valence-electron chi connectivity index (χ1n) is 5.32. The first kappa shape index (κ1) is 12.7. The highest BCUT2D eigenvalue weighted by Crippen LogP contribution is 2.31. The Kier molecular flexibility index (Phi) is 4.24. The smallest absolute Gasteiger partial charge is 0.0231 e. The fourth-order valence-electron chi connectivity index (χ4n) is 1.90. The molecule has 0 aromatic carbocycles. The van der Waals surface area contributed by atoms with E-state index in [1.807, 2.05) is 0 Å². The predicted octanol–water partition coefficient (Wildman–Crippen LogP) is 2.77. The van der Waals surface area contributed by atoms with Gasteiger partial charge in [0, 0.05) is 30.1 Å². The lowest BCUT2D eigenvalue weighted by Gasteiger charge is -2.40. The van der Waals surface area contributed by atoms with Crippen LogP contribution in [0.1, 0.15) is 27.7 Å². The molecule has 0 aromatic heterocycles. The predicted molar refractivity (Wildman–Crippen MR) is 70.6 cm³/mol. The summed E-state index contributed by atoms with van der Waals surface area (Å²) in [5, 5.41) is 0. The highest BCUT2D eigenvalue weighted by molar-refractivity contribution is 8.00. The summed E-state index contributed by atoms with van der Waals surface area (Å²) in [5.74, 6) is 2.24. The standard InChI is InChI=1S/C11H23NS2/c1-10(2,9-13)7-12-5-6-14-11(3,4)8-12/h13H,5-9H2,1-4H3. The van der Waals surface area contributed by atoms with Crippen LogP contribution >= 0.6 is 24.4 Å². The van der Waals surface area contributed by atoms with Gasteiger partial charge >= 0.3 is 0 Å². The monoisotopic (exact) mass is 233 g/mol. The van der Waals surface area contributed by atoms with E-state index >= 15 is 0 Å². The molecular formula is C11H23NS2. The molecule has 1 rings (SSSR count). The lowest BCUT2D eigenvalue weighted by molar-refractivity contribution is 0.187. The largest absolute Gasteiger partial charge is 0.301 e. The van der Waals surface area contributed by atoms with Crippen molar-refractivity contribution in [3.8, 4) is 0 Å². The van der Waals surface area contributed by atoms with Gasteiger partial charge in [-0.2, -0.15) is 24.4 Å². The molecule has 0 bridgehead atoms.